The maximum Gasteiger partial charge on any atom is 0.326 e. The van der Waals surface area contributed by atoms with Gasteiger partial charge in [0, 0.05) is 24.7 Å². The first-order valence-electron chi connectivity index (χ1n) is 9.56. The van der Waals surface area contributed by atoms with E-state index < -0.39 is 60.8 Å². The lowest BCUT2D eigenvalue weighted by atomic mass is 10.0. The zero-order valence-electron chi connectivity index (χ0n) is 17.3. The Morgan fingerprint density at radius 3 is 2.32 bits per heavy atom. The fourth-order valence-electron chi connectivity index (χ4n) is 2.57. The molecule has 1 aromatic heterocycles. The quantitative estimate of drug-likeness (QED) is 0.180. The van der Waals surface area contributed by atoms with E-state index >= 15 is 0 Å². The van der Waals surface area contributed by atoms with Crippen LogP contribution in [0.2, 0.25) is 0 Å². The van der Waals surface area contributed by atoms with Crippen LogP contribution in [0.15, 0.2) is 12.5 Å². The average Bonchev–Trinajstić information content (AvgIpc) is 3.19. The number of hydrogen-bond donors (Lipinski definition) is 7. The van der Waals surface area contributed by atoms with Gasteiger partial charge >= 0.3 is 11.9 Å². The highest BCUT2D eigenvalue weighted by Crippen LogP contribution is 2.03. The molecule has 0 bridgehead atoms. The van der Waals surface area contributed by atoms with Gasteiger partial charge in [0.1, 0.15) is 12.1 Å². The summed E-state index contributed by atoms with van der Waals surface area (Å²) >= 11 is 0. The fourth-order valence-corrected chi connectivity index (χ4v) is 2.57. The number of aromatic amines is 1. The third-order valence-electron chi connectivity index (χ3n) is 4.28. The second kappa shape index (κ2) is 12.3. The van der Waals surface area contributed by atoms with Gasteiger partial charge in [-0.15, -0.1) is 0 Å². The molecule has 0 aromatic carbocycles. The molecule has 1 aromatic rings. The lowest BCUT2D eigenvalue weighted by Gasteiger charge is -2.21. The van der Waals surface area contributed by atoms with Crippen molar-refractivity contribution in [3.05, 3.63) is 18.2 Å². The first-order valence-corrected chi connectivity index (χ1v) is 9.56. The first kappa shape index (κ1) is 25.6. The number of hydrogen-bond acceptors (Lipinski definition) is 7. The second-order valence-electron chi connectivity index (χ2n) is 7.23. The molecular weight excluding hydrogens is 412 g/mol. The van der Waals surface area contributed by atoms with Crippen molar-refractivity contribution in [1.29, 1.82) is 0 Å². The molecule has 3 unspecified atom stereocenters. The van der Waals surface area contributed by atoms with Crippen LogP contribution in [0, 0.1) is 5.92 Å². The van der Waals surface area contributed by atoms with Crippen LogP contribution in [0.1, 0.15) is 32.4 Å². The number of carboxylic acids is 2. The summed E-state index contributed by atoms with van der Waals surface area (Å²) < 4.78 is 0. The van der Waals surface area contributed by atoms with Crippen LogP contribution in [-0.4, -0.2) is 74.5 Å². The Kier molecular flexibility index (Phi) is 10.1. The van der Waals surface area contributed by atoms with Gasteiger partial charge in [-0.3, -0.25) is 19.2 Å². The normalized spacial score (nSPS) is 13.7. The number of imidazole rings is 1. The summed E-state index contributed by atoms with van der Waals surface area (Å²) in [6.45, 7) is 2.68. The molecule has 0 aliphatic heterocycles. The Labute approximate surface area is 178 Å². The van der Waals surface area contributed by atoms with Crippen molar-refractivity contribution in [2.24, 2.45) is 11.7 Å². The molecule has 31 heavy (non-hydrogen) atoms. The Balaban J connectivity index is 2.68. The number of aliphatic carboxylic acids is 2. The molecule has 0 aliphatic carbocycles. The van der Waals surface area contributed by atoms with Gasteiger partial charge in [0.15, 0.2) is 0 Å². The van der Waals surface area contributed by atoms with Crippen molar-refractivity contribution >= 4 is 29.7 Å². The third-order valence-corrected chi connectivity index (χ3v) is 4.28. The smallest absolute Gasteiger partial charge is 0.326 e. The van der Waals surface area contributed by atoms with E-state index in [9.17, 15) is 24.0 Å². The number of H-pyrrole nitrogens is 1. The number of nitrogens with one attached hydrogen (secondary N) is 4. The van der Waals surface area contributed by atoms with Crippen LogP contribution in [-0.2, 0) is 30.4 Å². The number of amides is 3. The van der Waals surface area contributed by atoms with Crippen LogP contribution < -0.4 is 21.7 Å². The molecule has 3 atom stereocenters. The fraction of sp³-hybridized carbons (Fsp3) is 0.556. The van der Waals surface area contributed by atoms with Crippen molar-refractivity contribution in [2.75, 3.05) is 6.54 Å². The van der Waals surface area contributed by atoms with Gasteiger partial charge in [0.25, 0.3) is 0 Å². The van der Waals surface area contributed by atoms with Crippen LogP contribution in [0.25, 0.3) is 0 Å². The number of carbonyl (C=O) groups excluding carboxylic acids is 3. The standard InChI is InChI=1S/C18H28N6O7/c1-9(2)15(18(30)31)24-13(25)7-21-17(29)12(3-4-14(26)27)23-16(28)11(19)5-10-6-20-8-22-10/h6,8-9,11-12,15H,3-5,7,19H2,1-2H3,(H,20,22)(H,21,29)(H,23,28)(H,24,25)(H,26,27)(H,30,31). The van der Waals surface area contributed by atoms with Gasteiger partial charge in [0.2, 0.25) is 17.7 Å². The number of carboxylic acid groups (broad SMARTS) is 2. The molecule has 172 valence electrons. The summed E-state index contributed by atoms with van der Waals surface area (Å²) in [6, 6.07) is -3.40. The summed E-state index contributed by atoms with van der Waals surface area (Å²) in [7, 11) is 0. The van der Waals surface area contributed by atoms with E-state index in [1.165, 1.54) is 12.5 Å². The van der Waals surface area contributed by atoms with E-state index in [2.05, 4.69) is 25.9 Å². The van der Waals surface area contributed by atoms with E-state index in [0.29, 0.717) is 5.69 Å². The Morgan fingerprint density at radius 2 is 1.81 bits per heavy atom. The van der Waals surface area contributed by atoms with E-state index in [-0.39, 0.29) is 18.8 Å². The maximum atomic E-state index is 12.4. The summed E-state index contributed by atoms with van der Waals surface area (Å²) in [5.74, 6) is -4.99. The van der Waals surface area contributed by atoms with Crippen LogP contribution >= 0.6 is 0 Å². The molecule has 8 N–H and O–H groups in total. The Hall–Kier alpha value is -3.48. The minimum atomic E-state index is -1.25. The average molecular weight is 440 g/mol. The largest absolute Gasteiger partial charge is 0.481 e. The van der Waals surface area contributed by atoms with Crippen LogP contribution in [0.4, 0.5) is 0 Å². The van der Waals surface area contributed by atoms with Gasteiger partial charge in [0.05, 0.1) is 18.9 Å². The molecule has 1 rings (SSSR count). The summed E-state index contributed by atoms with van der Waals surface area (Å²) in [5, 5.41) is 24.9. The number of nitrogens with zero attached hydrogens (tertiary/aromatic N) is 1. The topological polar surface area (TPSA) is 217 Å². The van der Waals surface area contributed by atoms with E-state index in [1.807, 2.05) is 0 Å². The van der Waals surface area contributed by atoms with Crippen molar-refractivity contribution in [3.8, 4) is 0 Å². The number of carbonyl (C=O) groups is 5. The predicted octanol–water partition coefficient (Wildman–Crippen LogP) is -2.03. The molecule has 13 nitrogen and oxygen atoms in total. The predicted molar refractivity (Wildman–Crippen MR) is 106 cm³/mol. The lowest BCUT2D eigenvalue weighted by Crippen LogP contribution is -2.54. The monoisotopic (exact) mass is 440 g/mol. The zero-order chi connectivity index (χ0) is 23.6. The van der Waals surface area contributed by atoms with Gasteiger partial charge in [-0.05, 0) is 12.3 Å². The minimum absolute atomic E-state index is 0.118. The molecule has 13 heteroatoms. The van der Waals surface area contributed by atoms with Crippen LogP contribution in [0.5, 0.6) is 0 Å². The van der Waals surface area contributed by atoms with Crippen molar-refractivity contribution in [3.63, 3.8) is 0 Å². The van der Waals surface area contributed by atoms with Gasteiger partial charge < -0.3 is 36.9 Å². The molecule has 1 heterocycles. The van der Waals surface area contributed by atoms with Crippen molar-refractivity contribution in [2.45, 2.75) is 51.2 Å². The SMILES string of the molecule is CC(C)C(NC(=O)CNC(=O)C(CCC(=O)O)NC(=O)C(N)Cc1cnc[nH]1)C(=O)O. The molecular formula is C18H28N6O7. The van der Waals surface area contributed by atoms with Gasteiger partial charge in [-0.25, -0.2) is 9.78 Å². The van der Waals surface area contributed by atoms with Gasteiger partial charge in [-0.2, -0.15) is 0 Å². The molecule has 0 spiro atoms. The maximum absolute atomic E-state index is 12.4. The first-order chi connectivity index (χ1) is 14.5. The van der Waals surface area contributed by atoms with E-state index in [4.69, 9.17) is 15.9 Å². The molecule has 0 saturated heterocycles. The summed E-state index contributed by atoms with van der Waals surface area (Å²) in [6.07, 6.45) is 2.39. The molecule has 0 fully saturated rings. The summed E-state index contributed by atoms with van der Waals surface area (Å²) in [5.41, 5.74) is 6.42. The number of nitrogens with two attached hydrogens (primary N) is 1. The van der Waals surface area contributed by atoms with E-state index in [1.54, 1.807) is 13.8 Å². The Bertz CT molecular complexity index is 780. The van der Waals surface area contributed by atoms with Crippen LogP contribution in [0.3, 0.4) is 0 Å². The number of rotatable bonds is 13. The molecule has 0 aliphatic rings. The van der Waals surface area contributed by atoms with Crippen molar-refractivity contribution in [1.82, 2.24) is 25.9 Å². The highest BCUT2D eigenvalue weighted by Gasteiger charge is 2.27. The Morgan fingerprint density at radius 1 is 1.13 bits per heavy atom. The molecule has 0 radical (unpaired) electrons. The van der Waals surface area contributed by atoms with E-state index in [0.717, 1.165) is 0 Å². The zero-order valence-corrected chi connectivity index (χ0v) is 17.3. The highest BCUT2D eigenvalue weighted by molar-refractivity contribution is 5.92. The summed E-state index contributed by atoms with van der Waals surface area (Å²) in [4.78, 5) is 65.3. The van der Waals surface area contributed by atoms with Gasteiger partial charge in [-0.1, -0.05) is 13.8 Å². The second-order valence-corrected chi connectivity index (χ2v) is 7.23. The van der Waals surface area contributed by atoms with Crippen molar-refractivity contribution < 1.29 is 34.2 Å². The third kappa shape index (κ3) is 9.25. The lowest BCUT2D eigenvalue weighted by molar-refractivity contribution is -0.143. The number of aromatic nitrogens is 2. The molecule has 3 amide bonds. The molecule has 0 saturated carbocycles. The minimum Gasteiger partial charge on any atom is -0.481 e. The highest BCUT2D eigenvalue weighted by atomic mass is 16.4.